The van der Waals surface area contributed by atoms with E-state index in [1.165, 1.54) is 18.2 Å². The van der Waals surface area contributed by atoms with Crippen molar-refractivity contribution in [2.45, 2.75) is 17.4 Å². The maximum atomic E-state index is 12.3. The number of fused-ring (bicyclic) bond motifs is 1. The zero-order valence-electron chi connectivity index (χ0n) is 11.4. The predicted molar refractivity (Wildman–Crippen MR) is 77.9 cm³/mol. The van der Waals surface area contributed by atoms with Crippen molar-refractivity contribution in [2.75, 3.05) is 23.4 Å². The van der Waals surface area contributed by atoms with E-state index in [0.717, 1.165) is 0 Å². The van der Waals surface area contributed by atoms with Gasteiger partial charge in [0.05, 0.1) is 22.1 Å². The van der Waals surface area contributed by atoms with Crippen molar-refractivity contribution in [3.63, 3.8) is 0 Å². The van der Waals surface area contributed by atoms with E-state index in [1.807, 2.05) is 0 Å². The Morgan fingerprint density at radius 3 is 2.77 bits per heavy atom. The smallest absolute Gasteiger partial charge is 0.262 e. The van der Waals surface area contributed by atoms with Crippen molar-refractivity contribution in [3.8, 4) is 5.75 Å². The van der Waals surface area contributed by atoms with Gasteiger partial charge in [-0.05, 0) is 24.6 Å². The monoisotopic (exact) mass is 346 g/mol. The van der Waals surface area contributed by atoms with Gasteiger partial charge >= 0.3 is 0 Å². The Hall–Kier alpha value is -1.65. The van der Waals surface area contributed by atoms with Gasteiger partial charge in [0.25, 0.3) is 5.91 Å². The summed E-state index contributed by atoms with van der Waals surface area (Å²) in [5.41, 5.74) is 0.276. The van der Waals surface area contributed by atoms with E-state index < -0.39 is 25.9 Å². The molecule has 0 spiro atoms. The van der Waals surface area contributed by atoms with Crippen LogP contribution in [-0.4, -0.2) is 46.9 Å². The highest BCUT2D eigenvalue weighted by Crippen LogP contribution is 2.30. The Bertz CT molecular complexity index is 831. The molecule has 0 aromatic heterocycles. The van der Waals surface area contributed by atoms with Crippen LogP contribution in [0.3, 0.4) is 0 Å². The van der Waals surface area contributed by atoms with E-state index in [2.05, 4.69) is 10.0 Å². The molecule has 0 radical (unpaired) electrons. The first-order valence-electron chi connectivity index (χ1n) is 6.55. The van der Waals surface area contributed by atoms with Crippen LogP contribution in [-0.2, 0) is 24.7 Å². The van der Waals surface area contributed by atoms with Gasteiger partial charge in [-0.15, -0.1) is 0 Å². The van der Waals surface area contributed by atoms with Crippen molar-refractivity contribution < 1.29 is 26.4 Å². The third-order valence-corrected chi connectivity index (χ3v) is 6.73. The fourth-order valence-electron chi connectivity index (χ4n) is 2.40. The number of anilines is 1. The molecule has 1 aromatic carbocycles. The van der Waals surface area contributed by atoms with Crippen LogP contribution < -0.4 is 14.8 Å². The van der Waals surface area contributed by atoms with E-state index in [-0.39, 0.29) is 41.0 Å². The predicted octanol–water partition coefficient (Wildman–Crippen LogP) is -0.517. The maximum Gasteiger partial charge on any atom is 0.262 e. The number of benzene rings is 1. The Labute approximate surface area is 127 Å². The molecule has 120 valence electrons. The molecule has 3 rings (SSSR count). The molecule has 2 N–H and O–H groups in total. The van der Waals surface area contributed by atoms with Crippen molar-refractivity contribution >= 4 is 31.5 Å². The molecule has 0 unspecified atom stereocenters. The Kier molecular flexibility index (Phi) is 3.62. The fraction of sp³-hybridized carbons (Fsp3) is 0.417. The average molecular weight is 346 g/mol. The van der Waals surface area contributed by atoms with E-state index >= 15 is 0 Å². The van der Waals surface area contributed by atoms with Gasteiger partial charge in [-0.25, -0.2) is 21.6 Å². The molecule has 0 saturated carbocycles. The van der Waals surface area contributed by atoms with Crippen LogP contribution >= 0.6 is 0 Å². The highest BCUT2D eigenvalue weighted by atomic mass is 32.2. The van der Waals surface area contributed by atoms with Gasteiger partial charge in [0.15, 0.2) is 16.4 Å². The van der Waals surface area contributed by atoms with Crippen LogP contribution in [0.1, 0.15) is 6.42 Å². The van der Waals surface area contributed by atoms with Gasteiger partial charge in [0.2, 0.25) is 10.0 Å². The van der Waals surface area contributed by atoms with Crippen molar-refractivity contribution in [1.29, 1.82) is 0 Å². The van der Waals surface area contributed by atoms with Crippen LogP contribution in [0.4, 0.5) is 5.69 Å². The number of hydrogen-bond acceptors (Lipinski definition) is 6. The lowest BCUT2D eigenvalue weighted by molar-refractivity contribution is -0.118. The zero-order valence-corrected chi connectivity index (χ0v) is 13.0. The topological polar surface area (TPSA) is 119 Å². The quantitative estimate of drug-likeness (QED) is 0.760. The number of hydrogen-bond donors (Lipinski definition) is 2. The fourth-order valence-corrected chi connectivity index (χ4v) is 5.48. The summed E-state index contributed by atoms with van der Waals surface area (Å²) < 4.78 is 54.9. The molecule has 0 aliphatic carbocycles. The van der Waals surface area contributed by atoms with Gasteiger partial charge in [-0.1, -0.05) is 0 Å². The lowest BCUT2D eigenvalue weighted by atomic mass is 10.2. The van der Waals surface area contributed by atoms with Crippen LogP contribution in [0.5, 0.6) is 5.75 Å². The van der Waals surface area contributed by atoms with E-state index in [1.54, 1.807) is 0 Å². The number of carbonyl (C=O) groups is 1. The Balaban J connectivity index is 1.84. The molecule has 8 nitrogen and oxygen atoms in total. The number of nitrogens with one attached hydrogen (secondary N) is 2. The van der Waals surface area contributed by atoms with Gasteiger partial charge in [0, 0.05) is 6.04 Å². The first kappa shape index (κ1) is 15.3. The van der Waals surface area contributed by atoms with Crippen LogP contribution in [0.2, 0.25) is 0 Å². The number of sulfonamides is 1. The lowest BCUT2D eigenvalue weighted by Crippen LogP contribution is -2.35. The summed E-state index contributed by atoms with van der Waals surface area (Å²) in [5.74, 6) is -0.190. The highest BCUT2D eigenvalue weighted by molar-refractivity contribution is 7.92. The highest BCUT2D eigenvalue weighted by Gasteiger charge is 2.32. The normalized spacial score (nSPS) is 23.5. The summed E-state index contributed by atoms with van der Waals surface area (Å²) in [5, 5.41) is 2.53. The molecule has 1 fully saturated rings. The number of rotatable bonds is 3. The van der Waals surface area contributed by atoms with E-state index in [9.17, 15) is 21.6 Å². The third kappa shape index (κ3) is 3.08. The average Bonchev–Trinajstić information content (AvgIpc) is 2.76. The van der Waals surface area contributed by atoms with Crippen molar-refractivity contribution in [3.05, 3.63) is 18.2 Å². The minimum absolute atomic E-state index is 0.0196. The molecule has 1 amide bonds. The first-order chi connectivity index (χ1) is 10.3. The van der Waals surface area contributed by atoms with Crippen molar-refractivity contribution in [1.82, 2.24) is 4.72 Å². The summed E-state index contributed by atoms with van der Waals surface area (Å²) >= 11 is 0. The van der Waals surface area contributed by atoms with Gasteiger partial charge in [0.1, 0.15) is 5.75 Å². The molecule has 2 heterocycles. The summed E-state index contributed by atoms with van der Waals surface area (Å²) in [6.45, 7) is -0.114. The maximum absolute atomic E-state index is 12.3. The van der Waals surface area contributed by atoms with Crippen LogP contribution in [0, 0.1) is 0 Å². The molecule has 1 aromatic rings. The van der Waals surface area contributed by atoms with Crippen LogP contribution in [0.15, 0.2) is 23.1 Å². The summed E-state index contributed by atoms with van der Waals surface area (Å²) in [6, 6.07) is 3.46. The Morgan fingerprint density at radius 2 is 2.09 bits per heavy atom. The molecular formula is C12H14N2O6S2. The summed E-state index contributed by atoms with van der Waals surface area (Å²) in [6.07, 6.45) is 0.256. The van der Waals surface area contributed by atoms with Gasteiger partial charge in [-0.2, -0.15) is 0 Å². The minimum atomic E-state index is -3.87. The second-order valence-corrected chi connectivity index (χ2v) is 9.16. The largest absolute Gasteiger partial charge is 0.482 e. The number of sulfone groups is 1. The summed E-state index contributed by atoms with van der Waals surface area (Å²) in [4.78, 5) is 11.2. The Morgan fingerprint density at radius 1 is 1.32 bits per heavy atom. The molecule has 2 aliphatic rings. The SMILES string of the molecule is O=C1COc2ccc(S(=O)(=O)N[C@H]3CCS(=O)(=O)C3)cc2N1. The van der Waals surface area contributed by atoms with Gasteiger partial charge < -0.3 is 10.1 Å². The molecule has 0 bridgehead atoms. The van der Waals surface area contributed by atoms with E-state index in [4.69, 9.17) is 4.74 Å². The standard InChI is InChI=1S/C12H14N2O6S2/c15-12-6-20-11-2-1-9(5-10(11)13-12)22(18,19)14-8-3-4-21(16,17)7-8/h1-2,5,8,14H,3-4,6-7H2,(H,13,15)/t8-/m0/s1. The lowest BCUT2D eigenvalue weighted by Gasteiger charge is -2.19. The number of amides is 1. The molecule has 2 aliphatic heterocycles. The van der Waals surface area contributed by atoms with Gasteiger partial charge in [-0.3, -0.25) is 4.79 Å². The second-order valence-electron chi connectivity index (χ2n) is 5.22. The minimum Gasteiger partial charge on any atom is -0.482 e. The first-order valence-corrected chi connectivity index (χ1v) is 9.85. The van der Waals surface area contributed by atoms with E-state index in [0.29, 0.717) is 5.75 Å². The summed E-state index contributed by atoms with van der Waals surface area (Å²) in [7, 11) is -7.04. The van der Waals surface area contributed by atoms with Crippen LogP contribution in [0.25, 0.3) is 0 Å². The number of ether oxygens (including phenoxy) is 1. The van der Waals surface area contributed by atoms with Crippen molar-refractivity contribution in [2.24, 2.45) is 0 Å². The zero-order chi connectivity index (χ0) is 16.0. The molecular weight excluding hydrogens is 332 g/mol. The molecule has 1 saturated heterocycles. The molecule has 10 heteroatoms. The molecule has 1 atom stereocenters. The molecule has 22 heavy (non-hydrogen) atoms. The second kappa shape index (κ2) is 5.21. The number of carbonyl (C=O) groups excluding carboxylic acids is 1. The third-order valence-electron chi connectivity index (χ3n) is 3.45.